The normalized spacial score (nSPS) is 16.2. The maximum atomic E-state index is 13.0. The summed E-state index contributed by atoms with van der Waals surface area (Å²) in [4.78, 5) is 31.0. The maximum Gasteiger partial charge on any atom is 0.244 e. The van der Waals surface area contributed by atoms with Crippen molar-refractivity contribution in [2.75, 3.05) is 52.1 Å². The molecule has 2 amide bonds. The van der Waals surface area contributed by atoms with Gasteiger partial charge in [0.2, 0.25) is 11.8 Å². The molecule has 1 atom stereocenters. The number of hydrogen-bond donors (Lipinski definition) is 1. The molecule has 1 saturated heterocycles. The highest BCUT2D eigenvalue weighted by Crippen LogP contribution is 2.24. The van der Waals surface area contributed by atoms with Crippen LogP contribution in [0.2, 0.25) is 0 Å². The molecular formula is C22H27FN4O2. The predicted molar refractivity (Wildman–Crippen MR) is 111 cm³/mol. The standard InChI is InChI=1S/C22H27FN4O2/c1-25(2)22(29)21(17-6-4-3-5-7-17)27-14-12-26(13-15-27)16-20(28)24-19-10-8-18(23)9-11-19/h3-11,21H,12-16H2,1-2H3,(H,24,28). The molecule has 7 heteroatoms. The smallest absolute Gasteiger partial charge is 0.244 e. The Morgan fingerprint density at radius 2 is 1.62 bits per heavy atom. The summed E-state index contributed by atoms with van der Waals surface area (Å²) in [6.45, 7) is 3.05. The molecule has 0 bridgehead atoms. The molecule has 1 unspecified atom stereocenters. The fourth-order valence-electron chi connectivity index (χ4n) is 3.51. The van der Waals surface area contributed by atoms with Crippen molar-refractivity contribution < 1.29 is 14.0 Å². The number of halogens is 1. The highest BCUT2D eigenvalue weighted by molar-refractivity contribution is 5.92. The topological polar surface area (TPSA) is 55.9 Å². The number of benzene rings is 2. The minimum atomic E-state index is -0.334. The van der Waals surface area contributed by atoms with E-state index in [9.17, 15) is 14.0 Å². The zero-order valence-corrected chi connectivity index (χ0v) is 16.8. The number of rotatable bonds is 6. The minimum Gasteiger partial charge on any atom is -0.347 e. The van der Waals surface area contributed by atoms with E-state index in [1.807, 2.05) is 30.3 Å². The van der Waals surface area contributed by atoms with Gasteiger partial charge < -0.3 is 10.2 Å². The lowest BCUT2D eigenvalue weighted by molar-refractivity contribution is -0.135. The van der Waals surface area contributed by atoms with Crippen molar-refractivity contribution in [3.8, 4) is 0 Å². The summed E-state index contributed by atoms with van der Waals surface area (Å²) >= 11 is 0. The summed E-state index contributed by atoms with van der Waals surface area (Å²) < 4.78 is 13.0. The highest BCUT2D eigenvalue weighted by Gasteiger charge is 2.31. The lowest BCUT2D eigenvalue weighted by atomic mass is 10.0. The van der Waals surface area contributed by atoms with Gasteiger partial charge in [-0.2, -0.15) is 0 Å². The monoisotopic (exact) mass is 398 g/mol. The summed E-state index contributed by atoms with van der Waals surface area (Å²) in [5.74, 6) is -0.410. The average Bonchev–Trinajstić information content (AvgIpc) is 2.72. The van der Waals surface area contributed by atoms with Gasteiger partial charge in [0.05, 0.1) is 6.54 Å². The predicted octanol–water partition coefficient (Wildman–Crippen LogP) is 2.21. The highest BCUT2D eigenvalue weighted by atomic mass is 19.1. The molecule has 1 aliphatic heterocycles. The maximum absolute atomic E-state index is 13.0. The number of nitrogens with zero attached hydrogens (tertiary/aromatic N) is 3. The van der Waals surface area contributed by atoms with E-state index in [4.69, 9.17) is 0 Å². The van der Waals surface area contributed by atoms with Crippen LogP contribution < -0.4 is 5.32 Å². The van der Waals surface area contributed by atoms with E-state index in [0.717, 1.165) is 5.56 Å². The Hall–Kier alpha value is -2.77. The number of amides is 2. The van der Waals surface area contributed by atoms with E-state index < -0.39 is 0 Å². The lowest BCUT2D eigenvalue weighted by Gasteiger charge is -2.39. The van der Waals surface area contributed by atoms with E-state index in [-0.39, 0.29) is 30.2 Å². The van der Waals surface area contributed by atoms with Crippen LogP contribution in [-0.4, -0.2) is 73.3 Å². The van der Waals surface area contributed by atoms with Gasteiger partial charge in [0, 0.05) is 46.0 Å². The van der Waals surface area contributed by atoms with Crippen LogP contribution in [0.1, 0.15) is 11.6 Å². The Morgan fingerprint density at radius 1 is 1.00 bits per heavy atom. The zero-order chi connectivity index (χ0) is 20.8. The molecule has 1 aliphatic rings. The van der Waals surface area contributed by atoms with E-state index >= 15 is 0 Å². The van der Waals surface area contributed by atoms with Crippen LogP contribution in [0, 0.1) is 5.82 Å². The van der Waals surface area contributed by atoms with Gasteiger partial charge >= 0.3 is 0 Å². The first-order valence-corrected chi connectivity index (χ1v) is 9.72. The molecule has 1 N–H and O–H groups in total. The molecular weight excluding hydrogens is 371 g/mol. The molecule has 154 valence electrons. The van der Waals surface area contributed by atoms with E-state index in [1.54, 1.807) is 31.1 Å². The number of nitrogens with one attached hydrogen (secondary N) is 1. The molecule has 2 aromatic carbocycles. The van der Waals surface area contributed by atoms with Crippen molar-refractivity contribution in [1.29, 1.82) is 0 Å². The molecule has 1 heterocycles. The van der Waals surface area contributed by atoms with Crippen LogP contribution in [0.4, 0.5) is 10.1 Å². The van der Waals surface area contributed by atoms with Crippen molar-refractivity contribution in [1.82, 2.24) is 14.7 Å². The quantitative estimate of drug-likeness (QED) is 0.811. The minimum absolute atomic E-state index is 0.0544. The van der Waals surface area contributed by atoms with Crippen LogP contribution in [0.5, 0.6) is 0 Å². The molecule has 2 aromatic rings. The second kappa shape index (κ2) is 9.62. The molecule has 3 rings (SSSR count). The number of piperazine rings is 1. The Morgan fingerprint density at radius 3 is 2.21 bits per heavy atom. The van der Waals surface area contributed by atoms with Crippen molar-refractivity contribution in [2.45, 2.75) is 6.04 Å². The molecule has 0 aromatic heterocycles. The van der Waals surface area contributed by atoms with Crippen molar-refractivity contribution >= 4 is 17.5 Å². The Kier molecular flexibility index (Phi) is 6.95. The zero-order valence-electron chi connectivity index (χ0n) is 16.8. The van der Waals surface area contributed by atoms with Gasteiger partial charge in [-0.25, -0.2) is 4.39 Å². The third-order valence-electron chi connectivity index (χ3n) is 5.06. The fourth-order valence-corrected chi connectivity index (χ4v) is 3.51. The van der Waals surface area contributed by atoms with Gasteiger partial charge in [-0.3, -0.25) is 19.4 Å². The van der Waals surface area contributed by atoms with Gasteiger partial charge in [-0.15, -0.1) is 0 Å². The van der Waals surface area contributed by atoms with E-state index in [0.29, 0.717) is 31.9 Å². The van der Waals surface area contributed by atoms with Gasteiger partial charge in [0.15, 0.2) is 0 Å². The number of likely N-dealkylation sites (N-methyl/N-ethyl adjacent to an activating group) is 1. The number of carbonyl (C=O) groups is 2. The molecule has 0 aliphatic carbocycles. The lowest BCUT2D eigenvalue weighted by Crippen LogP contribution is -2.52. The Balaban J connectivity index is 1.57. The molecule has 1 fully saturated rings. The summed E-state index contributed by atoms with van der Waals surface area (Å²) in [6, 6.07) is 15.2. The summed E-state index contributed by atoms with van der Waals surface area (Å²) in [7, 11) is 3.54. The molecule has 0 saturated carbocycles. The van der Waals surface area contributed by atoms with Crippen LogP contribution >= 0.6 is 0 Å². The van der Waals surface area contributed by atoms with Crippen molar-refractivity contribution in [3.05, 3.63) is 66.0 Å². The number of carbonyl (C=O) groups excluding carboxylic acids is 2. The van der Waals surface area contributed by atoms with Crippen molar-refractivity contribution in [3.63, 3.8) is 0 Å². The third-order valence-corrected chi connectivity index (χ3v) is 5.06. The first kappa shape index (κ1) is 21.0. The Bertz CT molecular complexity index is 818. The number of hydrogen-bond acceptors (Lipinski definition) is 4. The summed E-state index contributed by atoms with van der Waals surface area (Å²) in [5.41, 5.74) is 1.56. The SMILES string of the molecule is CN(C)C(=O)C(c1ccccc1)N1CCN(CC(=O)Nc2ccc(F)cc2)CC1. The van der Waals surface area contributed by atoms with Gasteiger partial charge in [-0.05, 0) is 29.8 Å². The largest absolute Gasteiger partial charge is 0.347 e. The molecule has 0 radical (unpaired) electrons. The second-order valence-corrected chi connectivity index (χ2v) is 7.41. The van der Waals surface area contributed by atoms with E-state index in [2.05, 4.69) is 15.1 Å². The van der Waals surface area contributed by atoms with Gasteiger partial charge in [0.1, 0.15) is 11.9 Å². The first-order chi connectivity index (χ1) is 13.9. The summed E-state index contributed by atoms with van der Waals surface area (Å²) in [5, 5.41) is 2.79. The molecule has 6 nitrogen and oxygen atoms in total. The average molecular weight is 398 g/mol. The molecule has 29 heavy (non-hydrogen) atoms. The van der Waals surface area contributed by atoms with E-state index in [1.165, 1.54) is 12.1 Å². The van der Waals surface area contributed by atoms with Crippen LogP contribution in [0.15, 0.2) is 54.6 Å². The van der Waals surface area contributed by atoms with Crippen molar-refractivity contribution in [2.24, 2.45) is 0 Å². The second-order valence-electron chi connectivity index (χ2n) is 7.41. The van der Waals surface area contributed by atoms with Crippen LogP contribution in [0.25, 0.3) is 0 Å². The summed E-state index contributed by atoms with van der Waals surface area (Å²) in [6.07, 6.45) is 0. The molecule has 0 spiro atoms. The fraction of sp³-hybridized carbons (Fsp3) is 0.364. The number of anilines is 1. The van der Waals surface area contributed by atoms with Gasteiger partial charge in [-0.1, -0.05) is 30.3 Å². The van der Waals surface area contributed by atoms with Crippen LogP contribution in [0.3, 0.4) is 0 Å². The third kappa shape index (κ3) is 5.62. The first-order valence-electron chi connectivity index (χ1n) is 9.72. The van der Waals surface area contributed by atoms with Crippen LogP contribution in [-0.2, 0) is 9.59 Å². The Labute approximate surface area is 170 Å². The van der Waals surface area contributed by atoms with Gasteiger partial charge in [0.25, 0.3) is 0 Å².